The van der Waals surface area contributed by atoms with Crippen LogP contribution in [0.1, 0.15) is 16.7 Å². The maximum absolute atomic E-state index is 13.3. The van der Waals surface area contributed by atoms with Gasteiger partial charge in [-0.3, -0.25) is 0 Å². The summed E-state index contributed by atoms with van der Waals surface area (Å²) in [6.45, 7) is -0.544. The van der Waals surface area contributed by atoms with Crippen molar-refractivity contribution in [2.75, 3.05) is 6.61 Å². The van der Waals surface area contributed by atoms with E-state index < -0.39 is 45.3 Å². The monoisotopic (exact) mass is 571 g/mol. The maximum Gasteiger partial charge on any atom is 0.417 e. The van der Waals surface area contributed by atoms with E-state index in [1.807, 2.05) is 0 Å². The van der Waals surface area contributed by atoms with E-state index in [2.05, 4.69) is 36.6 Å². The summed E-state index contributed by atoms with van der Waals surface area (Å²) in [4.78, 5) is 9.83. The van der Waals surface area contributed by atoms with Crippen LogP contribution < -0.4 is 9.46 Å². The number of benzene rings is 2. The number of nitrogens with one attached hydrogen (secondary N) is 1. The van der Waals surface area contributed by atoms with Gasteiger partial charge in [-0.25, -0.2) is 17.9 Å². The Bertz CT molecular complexity index is 1110. The van der Waals surface area contributed by atoms with Gasteiger partial charge in [0.2, 0.25) is 10.0 Å². The molecule has 0 bridgehead atoms. The molecule has 6 nitrogen and oxygen atoms in total. The zero-order chi connectivity index (χ0) is 22.3. The Morgan fingerprint density at radius 2 is 1.80 bits per heavy atom. The number of carboxylic acid groups (broad SMARTS) is 1. The highest BCUT2D eigenvalue weighted by molar-refractivity contribution is 9.10. The topological polar surface area (TPSA) is 92.7 Å². The van der Waals surface area contributed by atoms with Gasteiger partial charge in [0.1, 0.15) is 5.75 Å². The summed E-state index contributed by atoms with van der Waals surface area (Å²) in [5.74, 6) is -0.866. The summed E-state index contributed by atoms with van der Waals surface area (Å²) in [6, 6.07) is 5.49. The molecule has 30 heavy (non-hydrogen) atoms. The van der Waals surface area contributed by atoms with Crippen LogP contribution in [0.4, 0.5) is 13.2 Å². The lowest BCUT2D eigenvalue weighted by Gasteiger charge is -2.17. The van der Waals surface area contributed by atoms with E-state index >= 15 is 0 Å². The minimum absolute atomic E-state index is 0.112. The Balaban J connectivity index is 1.83. The molecule has 0 spiro atoms. The Kier molecular flexibility index (Phi) is 6.51. The van der Waals surface area contributed by atoms with Crippen molar-refractivity contribution in [1.29, 1.82) is 0 Å². The minimum Gasteiger partial charge on any atom is -0.481 e. The highest BCUT2D eigenvalue weighted by Gasteiger charge is 2.38. The van der Waals surface area contributed by atoms with Gasteiger partial charge in [0.25, 0.3) is 0 Å². The first-order valence-electron chi connectivity index (χ1n) is 8.42. The van der Waals surface area contributed by atoms with Crippen LogP contribution >= 0.6 is 31.9 Å². The maximum atomic E-state index is 13.3. The summed E-state index contributed by atoms with van der Waals surface area (Å²) in [5.41, 5.74) is 0.245. The zero-order valence-corrected chi connectivity index (χ0v) is 19.0. The molecule has 0 aromatic heterocycles. The number of halogens is 5. The standard InChI is InChI=1S/C18H14Br2F3NO5S/c19-11-1-2-16(13(7-11)18(21,22)23)30(27,28)24-12-3-9-5-14(20)15(6-10(9)4-12)29-8-17(25)26/h1-2,5-7,12,24H,3-4,8H2,(H,25,26). The van der Waals surface area contributed by atoms with E-state index in [-0.39, 0.29) is 23.1 Å². The molecule has 2 aromatic carbocycles. The summed E-state index contributed by atoms with van der Waals surface area (Å²) >= 11 is 6.20. The number of ether oxygens (including phenoxy) is 1. The predicted octanol–water partition coefficient (Wildman–Crippen LogP) is 4.14. The van der Waals surface area contributed by atoms with Crippen molar-refractivity contribution in [2.45, 2.75) is 30.0 Å². The molecule has 0 aliphatic heterocycles. The van der Waals surface area contributed by atoms with Crippen LogP contribution in [0.5, 0.6) is 5.75 Å². The molecule has 1 aliphatic rings. The number of hydrogen-bond donors (Lipinski definition) is 2. The molecule has 1 aliphatic carbocycles. The molecule has 162 valence electrons. The number of carboxylic acids is 1. The molecule has 0 fully saturated rings. The molecule has 0 amide bonds. The Hall–Kier alpha value is -1.63. The first-order chi connectivity index (χ1) is 13.9. The molecule has 12 heteroatoms. The highest BCUT2D eigenvalue weighted by atomic mass is 79.9. The van der Waals surface area contributed by atoms with Gasteiger partial charge >= 0.3 is 12.1 Å². The van der Waals surface area contributed by atoms with Gasteiger partial charge in [0.05, 0.1) is 14.9 Å². The van der Waals surface area contributed by atoms with Crippen molar-refractivity contribution < 1.29 is 36.2 Å². The second-order valence-electron chi connectivity index (χ2n) is 6.60. The van der Waals surface area contributed by atoms with Crippen molar-refractivity contribution in [3.8, 4) is 5.75 Å². The van der Waals surface area contributed by atoms with Crippen molar-refractivity contribution in [2.24, 2.45) is 0 Å². The molecule has 2 aromatic rings. The van der Waals surface area contributed by atoms with Crippen molar-refractivity contribution >= 4 is 47.9 Å². The van der Waals surface area contributed by atoms with Crippen LogP contribution in [0, 0.1) is 0 Å². The molecule has 2 N–H and O–H groups in total. The number of rotatable bonds is 6. The molecule has 1 unspecified atom stereocenters. The van der Waals surface area contributed by atoms with Crippen molar-refractivity contribution in [3.05, 3.63) is 56.0 Å². The van der Waals surface area contributed by atoms with E-state index in [0.717, 1.165) is 23.3 Å². The van der Waals surface area contributed by atoms with Gasteiger partial charge in [-0.1, -0.05) is 15.9 Å². The van der Waals surface area contributed by atoms with E-state index in [1.54, 1.807) is 12.1 Å². The van der Waals surface area contributed by atoms with E-state index in [9.17, 15) is 26.4 Å². The second kappa shape index (κ2) is 8.48. The van der Waals surface area contributed by atoms with Crippen LogP contribution in [0.2, 0.25) is 0 Å². The Morgan fingerprint density at radius 3 is 2.40 bits per heavy atom. The van der Waals surface area contributed by atoms with Crippen LogP contribution in [-0.2, 0) is 33.8 Å². The Labute approximate surface area is 186 Å². The number of carbonyl (C=O) groups is 1. The second-order valence-corrected chi connectivity index (χ2v) is 10.1. The third-order valence-corrected chi connectivity index (χ3v) is 7.09. The fraction of sp³-hybridized carbons (Fsp3) is 0.278. The van der Waals surface area contributed by atoms with E-state index in [0.29, 0.717) is 4.47 Å². The average molecular weight is 573 g/mol. The summed E-state index contributed by atoms with van der Waals surface area (Å²) in [5, 5.41) is 8.73. The number of sulfonamides is 1. The predicted molar refractivity (Wildman–Crippen MR) is 108 cm³/mol. The first-order valence-corrected chi connectivity index (χ1v) is 11.5. The fourth-order valence-electron chi connectivity index (χ4n) is 3.19. The van der Waals surface area contributed by atoms with Gasteiger partial charge < -0.3 is 9.84 Å². The number of hydrogen-bond acceptors (Lipinski definition) is 4. The van der Waals surface area contributed by atoms with Gasteiger partial charge in [-0.05, 0) is 70.2 Å². The van der Waals surface area contributed by atoms with Gasteiger partial charge in [-0.15, -0.1) is 0 Å². The minimum atomic E-state index is -4.84. The van der Waals surface area contributed by atoms with Crippen LogP contribution in [0.15, 0.2) is 44.2 Å². The smallest absolute Gasteiger partial charge is 0.417 e. The van der Waals surface area contributed by atoms with Crippen molar-refractivity contribution in [1.82, 2.24) is 4.72 Å². The highest BCUT2D eigenvalue weighted by Crippen LogP contribution is 2.37. The summed E-state index contributed by atoms with van der Waals surface area (Å²) in [6.07, 6.45) is -4.35. The molecule has 1 atom stereocenters. The molecular weight excluding hydrogens is 559 g/mol. The quantitative estimate of drug-likeness (QED) is 0.543. The number of fused-ring (bicyclic) bond motifs is 1. The van der Waals surface area contributed by atoms with Gasteiger partial charge in [0.15, 0.2) is 6.61 Å². The van der Waals surface area contributed by atoms with Crippen LogP contribution in [0.25, 0.3) is 0 Å². The van der Waals surface area contributed by atoms with Crippen LogP contribution in [0.3, 0.4) is 0 Å². The normalized spacial score (nSPS) is 16.4. The van der Waals surface area contributed by atoms with Crippen LogP contribution in [-0.4, -0.2) is 32.1 Å². The van der Waals surface area contributed by atoms with Gasteiger partial charge in [0, 0.05) is 10.5 Å². The SMILES string of the molecule is O=C(O)COc1cc2c(cc1Br)CC(NS(=O)(=O)c1ccc(Br)cc1C(F)(F)F)C2. The molecule has 0 saturated carbocycles. The number of aliphatic carboxylic acids is 1. The van der Waals surface area contributed by atoms with Gasteiger partial charge in [-0.2, -0.15) is 13.2 Å². The molecule has 3 rings (SSSR count). The third kappa shape index (κ3) is 5.16. The first kappa shape index (κ1) is 23.0. The number of alkyl halides is 3. The van der Waals surface area contributed by atoms with E-state index in [4.69, 9.17) is 9.84 Å². The lowest BCUT2D eigenvalue weighted by atomic mass is 10.1. The van der Waals surface area contributed by atoms with Crippen molar-refractivity contribution in [3.63, 3.8) is 0 Å². The molecular formula is C18H14Br2F3NO5S. The third-order valence-electron chi connectivity index (χ3n) is 4.40. The lowest BCUT2D eigenvalue weighted by Crippen LogP contribution is -2.36. The molecule has 0 saturated heterocycles. The Morgan fingerprint density at radius 1 is 1.17 bits per heavy atom. The largest absolute Gasteiger partial charge is 0.481 e. The fourth-order valence-corrected chi connectivity index (χ4v) is 5.50. The zero-order valence-electron chi connectivity index (χ0n) is 15.0. The average Bonchev–Trinajstić information content (AvgIpc) is 2.98. The molecule has 0 radical (unpaired) electrons. The lowest BCUT2D eigenvalue weighted by molar-refractivity contribution is -0.140. The molecule has 0 heterocycles. The summed E-state index contributed by atoms with van der Waals surface area (Å²) in [7, 11) is -4.45. The summed E-state index contributed by atoms with van der Waals surface area (Å²) < 4.78 is 73.5. The van der Waals surface area contributed by atoms with E-state index in [1.165, 1.54) is 6.07 Å².